The van der Waals surface area contributed by atoms with Crippen LogP contribution in [0.4, 0.5) is 5.82 Å². The summed E-state index contributed by atoms with van der Waals surface area (Å²) in [6.07, 6.45) is 3.04. The average molecular weight is 286 g/mol. The van der Waals surface area contributed by atoms with Crippen molar-refractivity contribution >= 4 is 22.9 Å². The molecule has 108 valence electrons. The molecule has 3 N–H and O–H groups in total. The lowest BCUT2D eigenvalue weighted by atomic mass is 10.4. The van der Waals surface area contributed by atoms with Crippen molar-refractivity contribution in [2.45, 2.75) is 20.0 Å². The summed E-state index contributed by atoms with van der Waals surface area (Å²) in [5, 5.41) is 5.84. The first kappa shape index (κ1) is 13.1. The Hall–Kier alpha value is -2.90. The number of imidazole rings is 1. The van der Waals surface area contributed by atoms with Crippen LogP contribution < -0.4 is 10.6 Å². The van der Waals surface area contributed by atoms with Crippen molar-refractivity contribution in [2.24, 2.45) is 0 Å². The van der Waals surface area contributed by atoms with Gasteiger partial charge in [-0.25, -0.2) is 15.0 Å². The van der Waals surface area contributed by atoms with E-state index >= 15 is 0 Å². The zero-order chi connectivity index (χ0) is 14.7. The summed E-state index contributed by atoms with van der Waals surface area (Å²) in [6, 6.07) is 3.68. The second-order valence-corrected chi connectivity index (χ2v) is 4.45. The Labute approximate surface area is 120 Å². The monoisotopic (exact) mass is 286 g/mol. The van der Waals surface area contributed by atoms with Crippen molar-refractivity contribution in [1.82, 2.24) is 25.3 Å². The molecule has 0 spiro atoms. The van der Waals surface area contributed by atoms with Gasteiger partial charge in [0.15, 0.2) is 11.5 Å². The Morgan fingerprint density at radius 2 is 2.05 bits per heavy atom. The molecule has 0 fully saturated rings. The number of H-pyrrole nitrogens is 1. The summed E-state index contributed by atoms with van der Waals surface area (Å²) in [7, 11) is 0. The van der Waals surface area contributed by atoms with Crippen LogP contribution in [0.25, 0.3) is 11.2 Å². The Balaban J connectivity index is 1.65. The predicted molar refractivity (Wildman–Crippen MR) is 75.2 cm³/mol. The third kappa shape index (κ3) is 2.99. The number of aromatic amines is 1. The first-order chi connectivity index (χ1) is 10.2. The van der Waals surface area contributed by atoms with E-state index in [0.29, 0.717) is 35.8 Å². The lowest BCUT2D eigenvalue weighted by molar-refractivity contribution is -0.119. The SMILES string of the molecule is CC(=O)NCc1ccc(CNc2ncnc3[nH]cnc23)o1. The zero-order valence-electron chi connectivity index (χ0n) is 11.4. The third-order valence-corrected chi connectivity index (χ3v) is 2.88. The first-order valence-electron chi connectivity index (χ1n) is 6.42. The highest BCUT2D eigenvalue weighted by atomic mass is 16.3. The molecule has 1 amide bonds. The van der Waals surface area contributed by atoms with Gasteiger partial charge in [0.1, 0.15) is 23.4 Å². The van der Waals surface area contributed by atoms with E-state index in [4.69, 9.17) is 4.42 Å². The molecule has 21 heavy (non-hydrogen) atoms. The van der Waals surface area contributed by atoms with Gasteiger partial charge in [0.2, 0.25) is 5.91 Å². The number of anilines is 1. The quantitative estimate of drug-likeness (QED) is 0.650. The van der Waals surface area contributed by atoms with Crippen molar-refractivity contribution < 1.29 is 9.21 Å². The number of nitrogens with one attached hydrogen (secondary N) is 3. The Morgan fingerprint density at radius 3 is 2.86 bits per heavy atom. The fourth-order valence-electron chi connectivity index (χ4n) is 1.89. The third-order valence-electron chi connectivity index (χ3n) is 2.88. The van der Waals surface area contributed by atoms with Gasteiger partial charge >= 0.3 is 0 Å². The van der Waals surface area contributed by atoms with Gasteiger partial charge in [0.05, 0.1) is 19.4 Å². The maximum absolute atomic E-state index is 10.8. The standard InChI is InChI=1S/C13H14N6O2/c1-8(20)14-4-9-2-3-10(21-9)5-15-12-11-13(17-6-16-11)19-7-18-12/h2-3,6-7H,4-5H2,1H3,(H,14,20)(H2,15,16,17,18,19). The summed E-state index contributed by atoms with van der Waals surface area (Å²) in [5.41, 5.74) is 1.36. The van der Waals surface area contributed by atoms with Gasteiger partial charge in [-0.2, -0.15) is 0 Å². The number of furan rings is 1. The van der Waals surface area contributed by atoms with Gasteiger partial charge in [0, 0.05) is 6.92 Å². The molecule has 8 nitrogen and oxygen atoms in total. The predicted octanol–water partition coefficient (Wildman–Crippen LogP) is 1.19. The minimum absolute atomic E-state index is 0.0898. The number of nitrogens with zero attached hydrogens (tertiary/aromatic N) is 3. The van der Waals surface area contributed by atoms with E-state index in [2.05, 4.69) is 30.6 Å². The minimum Gasteiger partial charge on any atom is -0.462 e. The van der Waals surface area contributed by atoms with Gasteiger partial charge < -0.3 is 20.0 Å². The summed E-state index contributed by atoms with van der Waals surface area (Å²) >= 11 is 0. The van der Waals surface area contributed by atoms with Crippen LogP contribution in [0.1, 0.15) is 18.4 Å². The van der Waals surface area contributed by atoms with Gasteiger partial charge in [-0.1, -0.05) is 0 Å². The van der Waals surface area contributed by atoms with E-state index in [0.717, 1.165) is 5.76 Å². The largest absolute Gasteiger partial charge is 0.462 e. The van der Waals surface area contributed by atoms with Crippen molar-refractivity contribution in [3.05, 3.63) is 36.3 Å². The van der Waals surface area contributed by atoms with E-state index in [1.54, 1.807) is 6.33 Å². The van der Waals surface area contributed by atoms with Crippen molar-refractivity contribution in [1.29, 1.82) is 0 Å². The molecule has 0 aromatic carbocycles. The Kier molecular flexibility index (Phi) is 3.50. The molecule has 0 aliphatic carbocycles. The van der Waals surface area contributed by atoms with Crippen LogP contribution in [0.5, 0.6) is 0 Å². The zero-order valence-corrected chi connectivity index (χ0v) is 11.4. The number of carbonyl (C=O) groups excluding carboxylic acids is 1. The number of aromatic nitrogens is 4. The molecule has 3 aromatic rings. The number of fused-ring (bicyclic) bond motifs is 1. The number of amides is 1. The molecule has 0 saturated carbocycles. The summed E-state index contributed by atoms with van der Waals surface area (Å²) in [4.78, 5) is 26.2. The summed E-state index contributed by atoms with van der Waals surface area (Å²) in [5.74, 6) is 2.00. The molecular weight excluding hydrogens is 272 g/mol. The lowest BCUT2D eigenvalue weighted by Crippen LogP contribution is -2.18. The molecular formula is C13H14N6O2. The van der Waals surface area contributed by atoms with Crippen LogP contribution in [0.15, 0.2) is 29.2 Å². The van der Waals surface area contributed by atoms with Gasteiger partial charge in [-0.3, -0.25) is 4.79 Å². The Morgan fingerprint density at radius 1 is 1.24 bits per heavy atom. The van der Waals surface area contributed by atoms with E-state index in [9.17, 15) is 4.79 Å². The second kappa shape index (κ2) is 5.61. The van der Waals surface area contributed by atoms with Gasteiger partial charge in [0.25, 0.3) is 0 Å². The van der Waals surface area contributed by atoms with Crippen molar-refractivity contribution in [3.63, 3.8) is 0 Å². The normalized spacial score (nSPS) is 10.7. The van der Waals surface area contributed by atoms with Crippen LogP contribution in [-0.2, 0) is 17.9 Å². The molecule has 0 atom stereocenters. The molecule has 0 unspecified atom stereocenters. The highest BCUT2D eigenvalue weighted by Crippen LogP contribution is 2.16. The van der Waals surface area contributed by atoms with Crippen LogP contribution in [0.3, 0.4) is 0 Å². The Bertz CT molecular complexity index is 763. The van der Waals surface area contributed by atoms with Crippen LogP contribution >= 0.6 is 0 Å². The van der Waals surface area contributed by atoms with Gasteiger partial charge in [-0.05, 0) is 12.1 Å². The molecule has 3 rings (SSSR count). The fraction of sp³-hybridized carbons (Fsp3) is 0.231. The van der Waals surface area contributed by atoms with E-state index < -0.39 is 0 Å². The fourth-order valence-corrected chi connectivity index (χ4v) is 1.89. The second-order valence-electron chi connectivity index (χ2n) is 4.45. The van der Waals surface area contributed by atoms with E-state index in [1.807, 2.05) is 12.1 Å². The molecule has 0 radical (unpaired) electrons. The summed E-state index contributed by atoms with van der Waals surface area (Å²) < 4.78 is 5.60. The first-order valence-corrected chi connectivity index (χ1v) is 6.42. The van der Waals surface area contributed by atoms with E-state index in [-0.39, 0.29) is 5.91 Å². The smallest absolute Gasteiger partial charge is 0.217 e. The van der Waals surface area contributed by atoms with Crippen LogP contribution in [0, 0.1) is 0 Å². The number of rotatable bonds is 5. The van der Waals surface area contributed by atoms with Crippen molar-refractivity contribution in [2.75, 3.05) is 5.32 Å². The molecule has 8 heteroatoms. The van der Waals surface area contributed by atoms with Crippen LogP contribution in [0.2, 0.25) is 0 Å². The minimum atomic E-state index is -0.0898. The number of hydrogen-bond acceptors (Lipinski definition) is 6. The maximum atomic E-state index is 10.8. The van der Waals surface area contributed by atoms with E-state index in [1.165, 1.54) is 13.3 Å². The maximum Gasteiger partial charge on any atom is 0.217 e. The average Bonchev–Trinajstić information content (AvgIpc) is 3.12. The van der Waals surface area contributed by atoms with Crippen molar-refractivity contribution in [3.8, 4) is 0 Å². The molecule has 0 aliphatic rings. The topological polar surface area (TPSA) is 109 Å². The highest BCUT2D eigenvalue weighted by Gasteiger charge is 2.07. The molecule has 0 bridgehead atoms. The number of hydrogen-bond donors (Lipinski definition) is 3. The van der Waals surface area contributed by atoms with Crippen LogP contribution in [-0.4, -0.2) is 25.8 Å². The lowest BCUT2D eigenvalue weighted by Gasteiger charge is -2.03. The molecule has 3 heterocycles. The van der Waals surface area contributed by atoms with Gasteiger partial charge in [-0.15, -0.1) is 0 Å². The highest BCUT2D eigenvalue weighted by molar-refractivity contribution is 5.81. The molecule has 0 saturated heterocycles. The number of carbonyl (C=O) groups is 1. The summed E-state index contributed by atoms with van der Waals surface area (Å²) in [6.45, 7) is 2.32. The molecule has 0 aliphatic heterocycles. The molecule has 3 aromatic heterocycles.